The predicted molar refractivity (Wildman–Crippen MR) is 353 cm³/mol. The number of carbonyl (C=O) groups excluding carboxylic acids is 3. The van der Waals surface area contributed by atoms with Gasteiger partial charge >= 0.3 is 17.9 Å². The molecule has 0 fully saturated rings. The average molecular weight is 1130 g/mol. The van der Waals surface area contributed by atoms with Gasteiger partial charge in [-0.1, -0.05) is 310 Å². The Bertz CT molecular complexity index is 1620. The van der Waals surface area contributed by atoms with Crippen LogP contribution in [0, 0.1) is 0 Å². The van der Waals surface area contributed by atoms with Crippen LogP contribution in [0.5, 0.6) is 0 Å². The van der Waals surface area contributed by atoms with Crippen molar-refractivity contribution in [2.75, 3.05) is 13.2 Å². The Morgan fingerprint density at radius 1 is 0.259 bits per heavy atom. The lowest BCUT2D eigenvalue weighted by Crippen LogP contribution is -2.30. The third-order valence-electron chi connectivity index (χ3n) is 14.8. The highest BCUT2D eigenvalue weighted by atomic mass is 16.6. The van der Waals surface area contributed by atoms with Gasteiger partial charge < -0.3 is 14.2 Å². The third-order valence-corrected chi connectivity index (χ3v) is 14.8. The zero-order chi connectivity index (χ0) is 58.5. The summed E-state index contributed by atoms with van der Waals surface area (Å²) in [6, 6.07) is 0. The number of hydrogen-bond acceptors (Lipinski definition) is 6. The second kappa shape index (κ2) is 68.6. The topological polar surface area (TPSA) is 78.9 Å². The van der Waals surface area contributed by atoms with E-state index in [-0.39, 0.29) is 31.1 Å². The maximum atomic E-state index is 12.9. The minimum absolute atomic E-state index is 0.0823. The summed E-state index contributed by atoms with van der Waals surface area (Å²) in [6.45, 7) is 6.53. The van der Waals surface area contributed by atoms with Gasteiger partial charge in [0.2, 0.25) is 0 Å². The van der Waals surface area contributed by atoms with Gasteiger partial charge in [0, 0.05) is 19.3 Å². The van der Waals surface area contributed by atoms with E-state index < -0.39 is 6.10 Å². The quantitative estimate of drug-likeness (QED) is 0.0261. The van der Waals surface area contributed by atoms with Crippen molar-refractivity contribution in [2.24, 2.45) is 0 Å². The lowest BCUT2D eigenvalue weighted by atomic mass is 10.0. The van der Waals surface area contributed by atoms with E-state index in [9.17, 15) is 14.4 Å². The van der Waals surface area contributed by atoms with Crippen molar-refractivity contribution in [1.82, 2.24) is 0 Å². The van der Waals surface area contributed by atoms with Crippen LogP contribution >= 0.6 is 0 Å². The van der Waals surface area contributed by atoms with Gasteiger partial charge in [-0.2, -0.15) is 0 Å². The standard InChI is InChI=1S/C75H128O6/c1-4-7-10-13-16-19-22-25-28-31-33-34-35-36-37-38-39-40-41-42-43-45-47-50-53-56-59-62-65-68-74(77)80-71-72(70-79-73(76)67-64-61-58-55-52-49-46-30-27-24-21-18-15-12-9-6-3)81-75(78)69-66-63-60-57-54-51-48-44-32-29-26-23-20-17-14-11-8-5-2/h7,10,16,19-20,23,25,28-29,32-34,36-37,39-40,42-43,72H,4-6,8-9,11-15,17-18,21-22,24,26-27,30-31,35,38,41,44-71H2,1-3H3/b10-7-,19-16-,23-20-,28-25-,32-29-,34-33-,37-36-,40-39-,43-42-. The third kappa shape index (κ3) is 66.8. The Balaban J connectivity index is 4.36. The van der Waals surface area contributed by atoms with Crippen LogP contribution in [0.3, 0.4) is 0 Å². The fraction of sp³-hybridized carbons (Fsp3) is 0.720. The molecule has 0 aliphatic rings. The van der Waals surface area contributed by atoms with E-state index >= 15 is 0 Å². The molecule has 0 N–H and O–H groups in total. The number of carbonyl (C=O) groups is 3. The molecule has 0 aromatic rings. The highest BCUT2D eigenvalue weighted by Gasteiger charge is 2.19. The molecule has 6 nitrogen and oxygen atoms in total. The molecule has 0 aliphatic heterocycles. The monoisotopic (exact) mass is 1120 g/mol. The fourth-order valence-corrected chi connectivity index (χ4v) is 9.63. The molecule has 0 rings (SSSR count). The van der Waals surface area contributed by atoms with E-state index in [2.05, 4.69) is 130 Å². The normalized spacial score (nSPS) is 12.8. The molecule has 0 aromatic carbocycles. The van der Waals surface area contributed by atoms with Crippen molar-refractivity contribution >= 4 is 17.9 Å². The molecule has 0 aromatic heterocycles. The number of allylic oxidation sites excluding steroid dienone is 18. The van der Waals surface area contributed by atoms with Crippen molar-refractivity contribution in [3.63, 3.8) is 0 Å². The van der Waals surface area contributed by atoms with Crippen LogP contribution in [0.2, 0.25) is 0 Å². The number of esters is 3. The van der Waals surface area contributed by atoms with Crippen LogP contribution in [-0.2, 0) is 28.6 Å². The number of hydrogen-bond donors (Lipinski definition) is 0. The van der Waals surface area contributed by atoms with E-state index in [1.165, 1.54) is 167 Å². The Kier molecular flexibility index (Phi) is 65.2. The Hall–Kier alpha value is -3.93. The zero-order valence-corrected chi connectivity index (χ0v) is 53.3. The molecule has 0 amide bonds. The first-order valence-corrected chi connectivity index (χ1v) is 34.4. The van der Waals surface area contributed by atoms with E-state index in [0.717, 1.165) is 122 Å². The Labute approximate surface area is 501 Å². The Morgan fingerprint density at radius 2 is 0.481 bits per heavy atom. The van der Waals surface area contributed by atoms with Gasteiger partial charge in [0.1, 0.15) is 13.2 Å². The van der Waals surface area contributed by atoms with Crippen LogP contribution in [0.4, 0.5) is 0 Å². The van der Waals surface area contributed by atoms with Gasteiger partial charge in [-0.05, 0) is 109 Å². The Morgan fingerprint density at radius 3 is 0.765 bits per heavy atom. The lowest BCUT2D eigenvalue weighted by molar-refractivity contribution is -0.167. The van der Waals surface area contributed by atoms with E-state index in [4.69, 9.17) is 14.2 Å². The summed E-state index contributed by atoms with van der Waals surface area (Å²) in [5, 5.41) is 0. The van der Waals surface area contributed by atoms with E-state index in [1.54, 1.807) is 0 Å². The van der Waals surface area contributed by atoms with Crippen molar-refractivity contribution in [3.8, 4) is 0 Å². The zero-order valence-electron chi connectivity index (χ0n) is 53.3. The van der Waals surface area contributed by atoms with E-state index in [0.29, 0.717) is 19.3 Å². The van der Waals surface area contributed by atoms with Gasteiger partial charge in [-0.25, -0.2) is 0 Å². The smallest absolute Gasteiger partial charge is 0.306 e. The minimum Gasteiger partial charge on any atom is -0.462 e. The molecule has 0 aliphatic carbocycles. The van der Waals surface area contributed by atoms with Crippen molar-refractivity contribution in [2.45, 2.75) is 335 Å². The first-order chi connectivity index (χ1) is 40.0. The minimum atomic E-state index is -0.789. The van der Waals surface area contributed by atoms with E-state index in [1.807, 2.05) is 0 Å². The molecular weight excluding hydrogens is 997 g/mol. The molecule has 0 radical (unpaired) electrons. The highest BCUT2D eigenvalue weighted by Crippen LogP contribution is 2.17. The molecule has 0 heterocycles. The second-order valence-electron chi connectivity index (χ2n) is 22.7. The molecule has 0 saturated carbocycles. The van der Waals surface area contributed by atoms with Crippen LogP contribution in [0.25, 0.3) is 0 Å². The van der Waals surface area contributed by atoms with Gasteiger partial charge in [-0.3, -0.25) is 14.4 Å². The maximum absolute atomic E-state index is 12.9. The molecule has 464 valence electrons. The first-order valence-electron chi connectivity index (χ1n) is 34.4. The average Bonchev–Trinajstić information content (AvgIpc) is 3.47. The highest BCUT2D eigenvalue weighted by molar-refractivity contribution is 5.71. The summed E-state index contributed by atoms with van der Waals surface area (Å²) in [6.07, 6.45) is 93.8. The number of unbranched alkanes of at least 4 members (excludes halogenated alkanes) is 33. The fourth-order valence-electron chi connectivity index (χ4n) is 9.63. The maximum Gasteiger partial charge on any atom is 0.306 e. The summed E-state index contributed by atoms with van der Waals surface area (Å²) in [7, 11) is 0. The van der Waals surface area contributed by atoms with Crippen molar-refractivity contribution in [1.29, 1.82) is 0 Å². The summed E-state index contributed by atoms with van der Waals surface area (Å²) >= 11 is 0. The summed E-state index contributed by atoms with van der Waals surface area (Å²) in [4.78, 5) is 38.4. The summed E-state index contributed by atoms with van der Waals surface area (Å²) in [5.41, 5.74) is 0. The van der Waals surface area contributed by atoms with Gasteiger partial charge in [0.25, 0.3) is 0 Å². The van der Waals surface area contributed by atoms with Crippen molar-refractivity contribution in [3.05, 3.63) is 109 Å². The van der Waals surface area contributed by atoms with Gasteiger partial charge in [0.05, 0.1) is 0 Å². The number of ether oxygens (including phenoxy) is 3. The van der Waals surface area contributed by atoms with Crippen LogP contribution in [0.15, 0.2) is 109 Å². The molecule has 0 bridgehead atoms. The SMILES string of the molecule is CC/C=C\C/C=C\C/C=C\C/C=C\C/C=C\C/C=C\C/C=C\CCCCCCCCCC(=O)OCC(COC(=O)CCCCCCCCCCCCCCCCCC)OC(=O)CCCCCCCCC/C=C\C/C=C\CCCCCC. The lowest BCUT2D eigenvalue weighted by Gasteiger charge is -2.18. The van der Waals surface area contributed by atoms with Crippen molar-refractivity contribution < 1.29 is 28.6 Å². The second-order valence-corrected chi connectivity index (χ2v) is 22.7. The predicted octanol–water partition coefficient (Wildman–Crippen LogP) is 23.8. The summed E-state index contributed by atoms with van der Waals surface area (Å²) < 4.78 is 17.0. The van der Waals surface area contributed by atoms with Gasteiger partial charge in [-0.15, -0.1) is 0 Å². The largest absolute Gasteiger partial charge is 0.462 e. The van der Waals surface area contributed by atoms with Gasteiger partial charge in [0.15, 0.2) is 6.10 Å². The molecule has 0 spiro atoms. The number of rotatable bonds is 62. The van der Waals surface area contributed by atoms with Crippen LogP contribution in [0.1, 0.15) is 329 Å². The molecule has 1 unspecified atom stereocenters. The molecule has 81 heavy (non-hydrogen) atoms. The van der Waals surface area contributed by atoms with Crippen LogP contribution < -0.4 is 0 Å². The molecule has 0 saturated heterocycles. The molecule has 1 atom stereocenters. The molecule has 6 heteroatoms. The summed E-state index contributed by atoms with van der Waals surface area (Å²) in [5.74, 6) is -0.888. The first kappa shape index (κ1) is 77.1. The van der Waals surface area contributed by atoms with Crippen LogP contribution in [-0.4, -0.2) is 37.2 Å². The molecular formula is C75H128O6.